The van der Waals surface area contributed by atoms with Gasteiger partial charge in [-0.15, -0.1) is 0 Å². The van der Waals surface area contributed by atoms with Crippen LogP contribution in [-0.2, 0) is 29.6 Å². The van der Waals surface area contributed by atoms with Crippen LogP contribution in [0.4, 0.5) is 11.4 Å². The molecule has 1 aliphatic rings. The van der Waals surface area contributed by atoms with Crippen LogP contribution in [0.1, 0.15) is 0 Å². The van der Waals surface area contributed by atoms with Crippen molar-refractivity contribution in [3.8, 4) is 0 Å². The molecule has 2 aromatic rings. The van der Waals surface area contributed by atoms with Crippen LogP contribution in [0, 0.1) is 0 Å². The molecular weight excluding hydrogens is 501 g/mol. The van der Waals surface area contributed by atoms with Crippen molar-refractivity contribution in [3.63, 3.8) is 0 Å². The second kappa shape index (κ2) is 9.94. The first-order valence-electron chi connectivity index (χ1n) is 9.39. The summed E-state index contributed by atoms with van der Waals surface area (Å²) in [7, 11) is -7.46. The lowest BCUT2D eigenvalue weighted by molar-refractivity contribution is -0.114. The standard InChI is InChI=1S/C19H21Cl2N3O6S2/c1-31(26,27)24(15-4-7-17(20)18(21)12-15)13-19(25)22-14-2-5-16(6-3-14)32(28,29)23-8-10-30-11-9-23/h2-7,12H,8-11,13H2,1H3,(H,22,25). The average Bonchev–Trinajstić information content (AvgIpc) is 2.74. The van der Waals surface area contributed by atoms with Crippen molar-refractivity contribution in [1.29, 1.82) is 0 Å². The summed E-state index contributed by atoms with van der Waals surface area (Å²) in [4.78, 5) is 12.6. The number of morpholine rings is 1. The maximum atomic E-state index is 12.7. The third kappa shape index (κ3) is 5.91. The molecule has 0 atom stereocenters. The predicted octanol–water partition coefficient (Wildman–Crippen LogP) is 2.42. The smallest absolute Gasteiger partial charge is 0.245 e. The molecule has 174 valence electrons. The van der Waals surface area contributed by atoms with Crippen LogP contribution in [0.25, 0.3) is 0 Å². The molecule has 0 spiro atoms. The fourth-order valence-corrected chi connectivity index (χ4v) is 5.57. The van der Waals surface area contributed by atoms with E-state index >= 15 is 0 Å². The van der Waals surface area contributed by atoms with Gasteiger partial charge in [0.1, 0.15) is 6.54 Å². The lowest BCUT2D eigenvalue weighted by Crippen LogP contribution is -2.40. The number of hydrogen-bond acceptors (Lipinski definition) is 6. The molecule has 0 bridgehead atoms. The van der Waals surface area contributed by atoms with Gasteiger partial charge in [-0.3, -0.25) is 9.10 Å². The SMILES string of the molecule is CS(=O)(=O)N(CC(=O)Nc1ccc(S(=O)(=O)N2CCOCC2)cc1)c1ccc(Cl)c(Cl)c1. The zero-order chi connectivity index (χ0) is 23.5. The van der Waals surface area contributed by atoms with Gasteiger partial charge in [0.15, 0.2) is 0 Å². The number of ether oxygens (including phenoxy) is 1. The number of carbonyl (C=O) groups excluding carboxylic acids is 1. The van der Waals surface area contributed by atoms with Gasteiger partial charge in [0, 0.05) is 18.8 Å². The minimum absolute atomic E-state index is 0.0889. The van der Waals surface area contributed by atoms with Crippen LogP contribution in [0.3, 0.4) is 0 Å². The maximum Gasteiger partial charge on any atom is 0.245 e. The highest BCUT2D eigenvalue weighted by Gasteiger charge is 2.26. The monoisotopic (exact) mass is 521 g/mol. The lowest BCUT2D eigenvalue weighted by Gasteiger charge is -2.26. The minimum atomic E-state index is -3.80. The van der Waals surface area contributed by atoms with E-state index in [1.165, 1.54) is 46.8 Å². The molecule has 1 aliphatic heterocycles. The Labute approximate surface area is 197 Å². The summed E-state index contributed by atoms with van der Waals surface area (Å²) in [6.07, 6.45) is 0.966. The molecular formula is C19H21Cl2N3O6S2. The van der Waals surface area contributed by atoms with Gasteiger partial charge < -0.3 is 10.1 Å². The van der Waals surface area contributed by atoms with Gasteiger partial charge in [0.2, 0.25) is 26.0 Å². The van der Waals surface area contributed by atoms with E-state index in [9.17, 15) is 21.6 Å². The Morgan fingerprint density at radius 3 is 2.22 bits per heavy atom. The third-order valence-electron chi connectivity index (χ3n) is 4.62. The first-order chi connectivity index (χ1) is 15.0. The third-order valence-corrected chi connectivity index (χ3v) is 8.42. The molecule has 0 saturated carbocycles. The molecule has 1 heterocycles. The van der Waals surface area contributed by atoms with E-state index in [1.54, 1.807) is 0 Å². The second-order valence-corrected chi connectivity index (χ2v) is 11.6. The van der Waals surface area contributed by atoms with E-state index in [2.05, 4.69) is 5.32 Å². The lowest BCUT2D eigenvalue weighted by atomic mass is 10.3. The van der Waals surface area contributed by atoms with E-state index in [0.717, 1.165) is 10.6 Å². The van der Waals surface area contributed by atoms with Gasteiger partial charge in [-0.2, -0.15) is 4.31 Å². The molecule has 9 nitrogen and oxygen atoms in total. The number of nitrogens with zero attached hydrogens (tertiary/aromatic N) is 2. The molecule has 2 aromatic carbocycles. The number of carbonyl (C=O) groups is 1. The molecule has 1 saturated heterocycles. The number of nitrogens with one attached hydrogen (secondary N) is 1. The van der Waals surface area contributed by atoms with Crippen LogP contribution in [0.15, 0.2) is 47.4 Å². The van der Waals surface area contributed by atoms with Crippen molar-refractivity contribution in [2.75, 3.05) is 48.7 Å². The van der Waals surface area contributed by atoms with E-state index in [0.29, 0.717) is 18.9 Å². The summed E-state index contributed by atoms with van der Waals surface area (Å²) < 4.78 is 57.2. The fraction of sp³-hybridized carbons (Fsp3) is 0.316. The minimum Gasteiger partial charge on any atom is -0.379 e. The first-order valence-corrected chi connectivity index (χ1v) is 13.4. The molecule has 1 fully saturated rings. The molecule has 3 rings (SSSR count). The molecule has 0 aliphatic carbocycles. The molecule has 13 heteroatoms. The van der Waals surface area contributed by atoms with Gasteiger partial charge in [0.05, 0.1) is 40.1 Å². The zero-order valence-electron chi connectivity index (χ0n) is 17.0. The summed E-state index contributed by atoms with van der Waals surface area (Å²) in [5.74, 6) is -0.620. The van der Waals surface area contributed by atoms with Crippen molar-refractivity contribution in [1.82, 2.24) is 4.31 Å². The van der Waals surface area contributed by atoms with E-state index in [-0.39, 0.29) is 33.7 Å². The van der Waals surface area contributed by atoms with Crippen molar-refractivity contribution in [2.45, 2.75) is 4.90 Å². The van der Waals surface area contributed by atoms with Crippen molar-refractivity contribution >= 4 is 60.5 Å². The highest BCUT2D eigenvalue weighted by atomic mass is 35.5. The summed E-state index contributed by atoms with van der Waals surface area (Å²) in [6, 6.07) is 9.87. The molecule has 1 amide bonds. The largest absolute Gasteiger partial charge is 0.379 e. The Balaban J connectivity index is 1.72. The van der Waals surface area contributed by atoms with Crippen LogP contribution in [0.5, 0.6) is 0 Å². The number of sulfonamides is 2. The first kappa shape index (κ1) is 24.7. The molecule has 1 N–H and O–H groups in total. The Kier molecular flexibility index (Phi) is 7.69. The number of amides is 1. The summed E-state index contributed by atoms with van der Waals surface area (Å²) in [5, 5.41) is 2.96. The van der Waals surface area contributed by atoms with E-state index in [1.807, 2.05) is 0 Å². The van der Waals surface area contributed by atoms with Gasteiger partial charge >= 0.3 is 0 Å². The Hall–Kier alpha value is -1.89. The number of rotatable bonds is 7. The number of anilines is 2. The maximum absolute atomic E-state index is 12.7. The fourth-order valence-electron chi connectivity index (χ4n) is 3.02. The Morgan fingerprint density at radius 1 is 1.03 bits per heavy atom. The predicted molar refractivity (Wildman–Crippen MR) is 123 cm³/mol. The highest BCUT2D eigenvalue weighted by Crippen LogP contribution is 2.28. The van der Waals surface area contributed by atoms with Crippen LogP contribution in [-0.4, -0.2) is 66.2 Å². The van der Waals surface area contributed by atoms with Crippen molar-refractivity contribution < 1.29 is 26.4 Å². The van der Waals surface area contributed by atoms with Crippen LogP contribution in [0.2, 0.25) is 10.0 Å². The van der Waals surface area contributed by atoms with Gasteiger partial charge in [-0.05, 0) is 42.5 Å². The van der Waals surface area contributed by atoms with Crippen molar-refractivity contribution in [2.24, 2.45) is 0 Å². The summed E-state index contributed by atoms with van der Waals surface area (Å²) >= 11 is 11.8. The van der Waals surface area contributed by atoms with Crippen LogP contribution < -0.4 is 9.62 Å². The summed E-state index contributed by atoms with van der Waals surface area (Å²) in [6.45, 7) is 0.713. The van der Waals surface area contributed by atoms with Gasteiger partial charge in [0.25, 0.3) is 0 Å². The number of hydrogen-bond donors (Lipinski definition) is 1. The summed E-state index contributed by atoms with van der Waals surface area (Å²) in [5.41, 5.74) is 0.502. The van der Waals surface area contributed by atoms with Crippen LogP contribution >= 0.6 is 23.2 Å². The zero-order valence-corrected chi connectivity index (χ0v) is 20.1. The average molecular weight is 522 g/mol. The molecule has 32 heavy (non-hydrogen) atoms. The van der Waals surface area contributed by atoms with Gasteiger partial charge in [-0.25, -0.2) is 16.8 Å². The quantitative estimate of drug-likeness (QED) is 0.598. The molecule has 0 radical (unpaired) electrons. The highest BCUT2D eigenvalue weighted by molar-refractivity contribution is 7.92. The van der Waals surface area contributed by atoms with E-state index in [4.69, 9.17) is 27.9 Å². The topological polar surface area (TPSA) is 113 Å². The van der Waals surface area contributed by atoms with Gasteiger partial charge in [-0.1, -0.05) is 23.2 Å². The molecule has 0 unspecified atom stereocenters. The second-order valence-electron chi connectivity index (χ2n) is 6.96. The Bertz CT molecular complexity index is 1200. The normalized spacial score (nSPS) is 15.3. The number of benzene rings is 2. The number of halogens is 2. The van der Waals surface area contributed by atoms with Crippen molar-refractivity contribution in [3.05, 3.63) is 52.5 Å². The Morgan fingerprint density at radius 2 is 1.66 bits per heavy atom. The molecule has 0 aromatic heterocycles. The van der Waals surface area contributed by atoms with E-state index < -0.39 is 32.5 Å².